The number of methoxy groups -OCH3 is 1. The molecule has 18 heavy (non-hydrogen) atoms. The van der Waals surface area contributed by atoms with Gasteiger partial charge in [0, 0.05) is 10.5 Å². The molecule has 0 amide bonds. The Hall–Kier alpha value is -1.26. The zero-order chi connectivity index (χ0) is 13.0. The maximum atomic E-state index is 6.07. The van der Waals surface area contributed by atoms with E-state index in [1.54, 1.807) is 18.9 Å². The minimum atomic E-state index is 0.526. The molecule has 3 nitrogen and oxygen atoms in total. The summed E-state index contributed by atoms with van der Waals surface area (Å²) in [6, 6.07) is 7.86. The van der Waals surface area contributed by atoms with Crippen molar-refractivity contribution < 1.29 is 4.74 Å². The molecule has 0 atom stereocenters. The van der Waals surface area contributed by atoms with Gasteiger partial charge in [-0.05, 0) is 24.6 Å². The van der Waals surface area contributed by atoms with Crippen LogP contribution >= 0.6 is 23.4 Å². The van der Waals surface area contributed by atoms with Crippen molar-refractivity contribution in [2.24, 2.45) is 0 Å². The van der Waals surface area contributed by atoms with Crippen LogP contribution in [0, 0.1) is 0 Å². The Morgan fingerprint density at radius 2 is 2.17 bits per heavy atom. The fraction of sp³-hybridized carbons (Fsp3) is 0.231. The van der Waals surface area contributed by atoms with E-state index >= 15 is 0 Å². The predicted molar refractivity (Wildman–Crippen MR) is 73.5 cm³/mol. The zero-order valence-electron chi connectivity index (χ0n) is 10.2. The summed E-state index contributed by atoms with van der Waals surface area (Å²) in [5.74, 6) is 0.832. The van der Waals surface area contributed by atoms with E-state index in [1.807, 2.05) is 31.2 Å². The van der Waals surface area contributed by atoms with Gasteiger partial charge in [-0.3, -0.25) is 0 Å². The molecule has 0 aliphatic heterocycles. The molecule has 0 spiro atoms. The quantitative estimate of drug-likeness (QED) is 0.797. The SMILES string of the molecule is CCc1c(Cl)ncnc1Sc1cccc(OC)c1. The summed E-state index contributed by atoms with van der Waals surface area (Å²) in [6.45, 7) is 2.04. The molecule has 0 aliphatic rings. The minimum absolute atomic E-state index is 0.526. The average Bonchev–Trinajstić information content (AvgIpc) is 2.39. The number of aromatic nitrogens is 2. The Labute approximate surface area is 116 Å². The van der Waals surface area contributed by atoms with E-state index in [2.05, 4.69) is 9.97 Å². The third kappa shape index (κ3) is 2.94. The topological polar surface area (TPSA) is 35.0 Å². The molecule has 0 fully saturated rings. The third-order valence-corrected chi connectivity index (χ3v) is 3.82. The van der Waals surface area contributed by atoms with Gasteiger partial charge in [0.25, 0.3) is 0 Å². The second kappa shape index (κ2) is 6.07. The fourth-order valence-corrected chi connectivity index (χ4v) is 2.87. The van der Waals surface area contributed by atoms with E-state index in [-0.39, 0.29) is 0 Å². The van der Waals surface area contributed by atoms with Crippen LogP contribution in [0.5, 0.6) is 5.75 Å². The van der Waals surface area contributed by atoms with E-state index in [0.29, 0.717) is 5.15 Å². The molecule has 0 radical (unpaired) electrons. The zero-order valence-corrected chi connectivity index (χ0v) is 11.8. The van der Waals surface area contributed by atoms with Crippen molar-refractivity contribution in [2.75, 3.05) is 7.11 Å². The van der Waals surface area contributed by atoms with Gasteiger partial charge in [-0.25, -0.2) is 9.97 Å². The Morgan fingerprint density at radius 3 is 2.89 bits per heavy atom. The van der Waals surface area contributed by atoms with E-state index < -0.39 is 0 Å². The Balaban J connectivity index is 2.30. The van der Waals surface area contributed by atoms with Gasteiger partial charge in [0.2, 0.25) is 0 Å². The summed E-state index contributed by atoms with van der Waals surface area (Å²) in [7, 11) is 1.66. The molecule has 0 bridgehead atoms. The van der Waals surface area contributed by atoms with E-state index in [4.69, 9.17) is 16.3 Å². The summed E-state index contributed by atoms with van der Waals surface area (Å²) in [5, 5.41) is 1.42. The first-order chi connectivity index (χ1) is 8.74. The molecular formula is C13H13ClN2OS. The van der Waals surface area contributed by atoms with Gasteiger partial charge >= 0.3 is 0 Å². The number of ether oxygens (including phenoxy) is 1. The van der Waals surface area contributed by atoms with Gasteiger partial charge in [0.05, 0.1) is 7.11 Å². The van der Waals surface area contributed by atoms with Crippen LogP contribution in [0.3, 0.4) is 0 Å². The molecule has 0 N–H and O–H groups in total. The third-order valence-electron chi connectivity index (χ3n) is 2.46. The maximum Gasteiger partial charge on any atom is 0.136 e. The Bertz CT molecular complexity index is 548. The van der Waals surface area contributed by atoms with E-state index in [0.717, 1.165) is 27.7 Å². The molecule has 1 heterocycles. The van der Waals surface area contributed by atoms with E-state index in [1.165, 1.54) is 6.33 Å². The van der Waals surface area contributed by atoms with Crippen molar-refractivity contribution in [2.45, 2.75) is 23.3 Å². The first-order valence-electron chi connectivity index (χ1n) is 5.56. The normalized spacial score (nSPS) is 10.4. The van der Waals surface area contributed by atoms with E-state index in [9.17, 15) is 0 Å². The number of nitrogens with zero attached hydrogens (tertiary/aromatic N) is 2. The second-order valence-electron chi connectivity index (χ2n) is 3.58. The molecule has 1 aromatic carbocycles. The lowest BCUT2D eigenvalue weighted by atomic mass is 10.3. The van der Waals surface area contributed by atoms with Crippen molar-refractivity contribution >= 4 is 23.4 Å². The second-order valence-corrected chi connectivity index (χ2v) is 5.00. The van der Waals surface area contributed by atoms with Crippen LogP contribution < -0.4 is 4.74 Å². The summed E-state index contributed by atoms with van der Waals surface area (Å²) in [6.07, 6.45) is 2.30. The summed E-state index contributed by atoms with van der Waals surface area (Å²) >= 11 is 7.63. The molecule has 1 aromatic heterocycles. The number of rotatable bonds is 4. The molecule has 0 aliphatic carbocycles. The van der Waals surface area contributed by atoms with Gasteiger partial charge in [-0.2, -0.15) is 0 Å². The van der Waals surface area contributed by atoms with Crippen LogP contribution in [-0.4, -0.2) is 17.1 Å². The molecule has 2 rings (SSSR count). The smallest absolute Gasteiger partial charge is 0.136 e. The lowest BCUT2D eigenvalue weighted by Crippen LogP contribution is -1.93. The van der Waals surface area contributed by atoms with Crippen molar-refractivity contribution in [1.29, 1.82) is 0 Å². The van der Waals surface area contributed by atoms with Crippen molar-refractivity contribution in [1.82, 2.24) is 9.97 Å². The minimum Gasteiger partial charge on any atom is -0.497 e. The van der Waals surface area contributed by atoms with Crippen LogP contribution in [-0.2, 0) is 6.42 Å². The van der Waals surface area contributed by atoms with Crippen molar-refractivity contribution in [3.05, 3.63) is 41.3 Å². The average molecular weight is 281 g/mol. The summed E-state index contributed by atoms with van der Waals surface area (Å²) in [5.41, 5.74) is 0.979. The summed E-state index contributed by atoms with van der Waals surface area (Å²) < 4.78 is 5.20. The molecule has 5 heteroatoms. The van der Waals surface area contributed by atoms with Crippen LogP contribution in [0.4, 0.5) is 0 Å². The van der Waals surface area contributed by atoms with Crippen LogP contribution in [0.15, 0.2) is 40.5 Å². The highest BCUT2D eigenvalue weighted by atomic mass is 35.5. The van der Waals surface area contributed by atoms with Crippen molar-refractivity contribution in [3.63, 3.8) is 0 Å². The van der Waals surface area contributed by atoms with Crippen LogP contribution in [0.25, 0.3) is 0 Å². The van der Waals surface area contributed by atoms with Gasteiger partial charge < -0.3 is 4.74 Å². The van der Waals surface area contributed by atoms with Gasteiger partial charge in [-0.15, -0.1) is 0 Å². The molecular weight excluding hydrogens is 268 g/mol. The number of benzene rings is 1. The Morgan fingerprint density at radius 1 is 1.33 bits per heavy atom. The molecule has 0 unspecified atom stereocenters. The van der Waals surface area contributed by atoms with Crippen molar-refractivity contribution in [3.8, 4) is 5.75 Å². The lowest BCUT2D eigenvalue weighted by Gasteiger charge is -2.08. The lowest BCUT2D eigenvalue weighted by molar-refractivity contribution is 0.413. The highest BCUT2D eigenvalue weighted by Crippen LogP contribution is 2.32. The molecule has 2 aromatic rings. The number of hydrogen-bond donors (Lipinski definition) is 0. The largest absolute Gasteiger partial charge is 0.497 e. The highest BCUT2D eigenvalue weighted by Gasteiger charge is 2.09. The van der Waals surface area contributed by atoms with Gasteiger partial charge in [0.15, 0.2) is 0 Å². The highest BCUT2D eigenvalue weighted by molar-refractivity contribution is 7.99. The standard InChI is InChI=1S/C13H13ClN2OS/c1-3-11-12(14)15-8-16-13(11)18-10-6-4-5-9(7-10)17-2/h4-8H,3H2,1-2H3. The first kappa shape index (κ1) is 13.2. The molecule has 94 valence electrons. The fourth-order valence-electron chi connectivity index (χ4n) is 1.54. The van der Waals surface area contributed by atoms with Crippen LogP contribution in [0.2, 0.25) is 5.15 Å². The molecule has 0 saturated heterocycles. The number of halogens is 1. The predicted octanol–water partition coefficient (Wildman–Crippen LogP) is 3.85. The number of hydrogen-bond acceptors (Lipinski definition) is 4. The molecule has 0 saturated carbocycles. The monoisotopic (exact) mass is 280 g/mol. The Kier molecular flexibility index (Phi) is 4.44. The van der Waals surface area contributed by atoms with Gasteiger partial charge in [-0.1, -0.05) is 36.4 Å². The summed E-state index contributed by atoms with van der Waals surface area (Å²) in [4.78, 5) is 9.36. The van der Waals surface area contributed by atoms with Gasteiger partial charge in [0.1, 0.15) is 22.3 Å². The van der Waals surface area contributed by atoms with Crippen LogP contribution in [0.1, 0.15) is 12.5 Å². The maximum absolute atomic E-state index is 6.07. The first-order valence-corrected chi connectivity index (χ1v) is 6.75.